The zero-order valence-electron chi connectivity index (χ0n) is 23.7. The van der Waals surface area contributed by atoms with Gasteiger partial charge >= 0.3 is 0 Å². The van der Waals surface area contributed by atoms with Gasteiger partial charge in [0.25, 0.3) is 0 Å². The summed E-state index contributed by atoms with van der Waals surface area (Å²) in [6.45, 7) is 8.61. The van der Waals surface area contributed by atoms with Gasteiger partial charge in [0, 0.05) is 30.1 Å². The Labute approximate surface area is 245 Å². The number of piperidine rings is 1. The van der Waals surface area contributed by atoms with Crippen molar-refractivity contribution in [3.63, 3.8) is 0 Å². The number of rotatable bonds is 7. The van der Waals surface area contributed by atoms with Crippen molar-refractivity contribution in [2.75, 3.05) is 51.3 Å². The number of carbonyl (C=O) groups is 1. The zero-order chi connectivity index (χ0) is 27.8. The Morgan fingerprint density at radius 1 is 1.20 bits per heavy atom. The van der Waals surface area contributed by atoms with Gasteiger partial charge in [-0.25, -0.2) is 9.97 Å². The van der Waals surface area contributed by atoms with E-state index in [0.717, 1.165) is 71.9 Å². The topological polar surface area (TPSA) is 92.2 Å². The van der Waals surface area contributed by atoms with Crippen molar-refractivity contribution in [3.05, 3.63) is 40.0 Å². The summed E-state index contributed by atoms with van der Waals surface area (Å²) in [5.74, 6) is 1.91. The van der Waals surface area contributed by atoms with Crippen molar-refractivity contribution in [3.8, 4) is 5.75 Å². The number of anilines is 2. The number of morpholine rings is 1. The normalized spacial score (nSPS) is 22.5. The van der Waals surface area contributed by atoms with E-state index in [1.165, 1.54) is 35.3 Å². The van der Waals surface area contributed by atoms with Crippen LogP contribution in [0.4, 0.5) is 11.5 Å². The van der Waals surface area contributed by atoms with Crippen LogP contribution in [-0.4, -0.2) is 83.9 Å². The summed E-state index contributed by atoms with van der Waals surface area (Å²) in [7, 11) is 0. The molecular formula is C31H38N6O3S. The minimum Gasteiger partial charge on any atom is -0.490 e. The predicted octanol–water partition coefficient (Wildman–Crippen LogP) is 4.58. The monoisotopic (exact) mass is 574 g/mol. The number of aryl methyl sites for hydroxylation is 1. The highest BCUT2D eigenvalue weighted by molar-refractivity contribution is 7.19. The predicted molar refractivity (Wildman–Crippen MR) is 162 cm³/mol. The number of nitrogens with zero attached hydrogens (tertiary/aromatic N) is 5. The molecule has 2 fully saturated rings. The molecule has 41 heavy (non-hydrogen) atoms. The first-order chi connectivity index (χ1) is 20.1. The van der Waals surface area contributed by atoms with Crippen LogP contribution in [0.2, 0.25) is 0 Å². The lowest BCUT2D eigenvalue weighted by Crippen LogP contribution is -2.50. The molecule has 0 saturated carbocycles. The van der Waals surface area contributed by atoms with E-state index in [0.29, 0.717) is 32.9 Å². The number of nitrogens with one attached hydrogen (secondary N) is 1. The zero-order valence-corrected chi connectivity index (χ0v) is 24.5. The fourth-order valence-electron chi connectivity index (χ4n) is 6.66. The molecule has 0 bridgehead atoms. The Bertz CT molecular complexity index is 1470. The van der Waals surface area contributed by atoms with Crippen LogP contribution in [-0.2, 0) is 28.9 Å². The van der Waals surface area contributed by atoms with E-state index in [1.807, 2.05) is 11.1 Å². The number of ether oxygens (including phenoxy) is 2. The summed E-state index contributed by atoms with van der Waals surface area (Å²) < 4.78 is 12.0. The molecule has 0 unspecified atom stereocenters. The number of fused-ring (bicyclic) bond motifs is 4. The van der Waals surface area contributed by atoms with Crippen LogP contribution in [0.5, 0.6) is 5.75 Å². The molecule has 0 spiro atoms. The van der Waals surface area contributed by atoms with Crippen LogP contribution in [0, 0.1) is 5.92 Å². The van der Waals surface area contributed by atoms with Gasteiger partial charge in [-0.3, -0.25) is 14.7 Å². The first-order valence-corrected chi connectivity index (χ1v) is 15.9. The summed E-state index contributed by atoms with van der Waals surface area (Å²) in [4.78, 5) is 34.0. The Morgan fingerprint density at radius 2 is 2.10 bits per heavy atom. The van der Waals surface area contributed by atoms with Gasteiger partial charge in [-0.1, -0.05) is 6.42 Å². The number of aromatic nitrogens is 2. The smallest absolute Gasteiger partial charge is 0.226 e. The number of benzene rings is 1. The number of likely N-dealkylation sites (tertiary alicyclic amines) is 1. The standard InChI is InChI=1S/C31H38N6O3S/c1-20-18-39-11-10-37(20)31(38)21-5-6-24-27(15-21)41-30-28(24)29(33-19-34-30)35-25-13-22-16-32-17-23(22)14-26(25)40-12-9-36-7-3-2-4-8-36/h13-14,16,19-21H,2-12,15,17-18H2,1H3,(H,33,34,35)/t20-,21+/m1/s1. The lowest BCUT2D eigenvalue weighted by atomic mass is 9.86. The first-order valence-electron chi connectivity index (χ1n) is 15.1. The van der Waals surface area contributed by atoms with E-state index in [2.05, 4.69) is 39.2 Å². The third-order valence-electron chi connectivity index (χ3n) is 8.95. The van der Waals surface area contributed by atoms with Crippen LogP contribution in [0.15, 0.2) is 23.5 Å². The second kappa shape index (κ2) is 11.7. The lowest BCUT2D eigenvalue weighted by molar-refractivity contribution is -0.143. The van der Waals surface area contributed by atoms with E-state index in [-0.39, 0.29) is 17.9 Å². The maximum absolute atomic E-state index is 13.4. The molecule has 9 nitrogen and oxygen atoms in total. The maximum atomic E-state index is 13.4. The van der Waals surface area contributed by atoms with Crippen LogP contribution in [0.1, 0.15) is 54.2 Å². The summed E-state index contributed by atoms with van der Waals surface area (Å²) >= 11 is 1.70. The largest absolute Gasteiger partial charge is 0.490 e. The van der Waals surface area contributed by atoms with Crippen LogP contribution < -0.4 is 10.1 Å². The van der Waals surface area contributed by atoms with Gasteiger partial charge in [-0.15, -0.1) is 11.3 Å². The van der Waals surface area contributed by atoms with Gasteiger partial charge in [-0.2, -0.15) is 0 Å². The van der Waals surface area contributed by atoms with E-state index in [4.69, 9.17) is 14.5 Å². The Hall–Kier alpha value is -3.08. The number of aliphatic imine (C=N–C) groups is 1. The third kappa shape index (κ3) is 5.45. The Morgan fingerprint density at radius 3 is 2.98 bits per heavy atom. The number of amides is 1. The number of thiophene rings is 1. The summed E-state index contributed by atoms with van der Waals surface area (Å²) in [6, 6.07) is 4.40. The van der Waals surface area contributed by atoms with Crippen LogP contribution in [0.25, 0.3) is 10.2 Å². The van der Waals surface area contributed by atoms with E-state index in [1.54, 1.807) is 17.7 Å². The third-order valence-corrected chi connectivity index (χ3v) is 10.1. The highest BCUT2D eigenvalue weighted by atomic mass is 32.1. The minimum atomic E-state index is 0.0105. The van der Waals surface area contributed by atoms with Gasteiger partial charge in [0.15, 0.2) is 0 Å². The molecule has 1 N–H and O–H groups in total. The van der Waals surface area contributed by atoms with Crippen molar-refractivity contribution in [2.24, 2.45) is 10.9 Å². The molecule has 3 aliphatic heterocycles. The number of hydrogen-bond acceptors (Lipinski definition) is 9. The average molecular weight is 575 g/mol. The molecule has 1 aromatic carbocycles. The molecule has 4 aliphatic rings. The van der Waals surface area contributed by atoms with Crippen molar-refractivity contribution in [2.45, 2.75) is 58.0 Å². The molecule has 2 aromatic heterocycles. The first kappa shape index (κ1) is 26.8. The second-order valence-electron chi connectivity index (χ2n) is 11.7. The van der Waals surface area contributed by atoms with Gasteiger partial charge in [0.2, 0.25) is 5.91 Å². The fraction of sp³-hybridized carbons (Fsp3) is 0.548. The summed E-state index contributed by atoms with van der Waals surface area (Å²) in [6.07, 6.45) is 9.92. The maximum Gasteiger partial charge on any atom is 0.226 e. The van der Waals surface area contributed by atoms with Crippen molar-refractivity contribution in [1.82, 2.24) is 19.8 Å². The van der Waals surface area contributed by atoms with Crippen molar-refractivity contribution in [1.29, 1.82) is 0 Å². The van der Waals surface area contributed by atoms with E-state index < -0.39 is 0 Å². The molecule has 5 heterocycles. The molecule has 2 atom stereocenters. The average Bonchev–Trinajstić information content (AvgIpc) is 3.61. The second-order valence-corrected chi connectivity index (χ2v) is 12.8. The van der Waals surface area contributed by atoms with Gasteiger partial charge < -0.3 is 19.7 Å². The van der Waals surface area contributed by atoms with E-state index >= 15 is 0 Å². The number of hydrogen-bond donors (Lipinski definition) is 1. The number of carbonyl (C=O) groups excluding carboxylic acids is 1. The van der Waals surface area contributed by atoms with Crippen LogP contribution in [0.3, 0.4) is 0 Å². The Balaban J connectivity index is 1.13. The summed E-state index contributed by atoms with van der Waals surface area (Å²) in [5.41, 5.74) is 4.49. The molecule has 0 radical (unpaired) electrons. The SMILES string of the molecule is C[C@@H]1COCCN1C(=O)[C@H]1CCc2c(sc3ncnc(Nc4cc5c(cc4OCCN4CCCCC4)CN=C5)c23)C1. The molecule has 2 saturated heterocycles. The molecule has 10 heteroatoms. The lowest BCUT2D eigenvalue weighted by Gasteiger charge is -2.36. The van der Waals surface area contributed by atoms with Gasteiger partial charge in [0.1, 0.15) is 29.3 Å². The highest BCUT2D eigenvalue weighted by Gasteiger charge is 2.34. The molecule has 7 rings (SSSR count). The molecular weight excluding hydrogens is 536 g/mol. The highest BCUT2D eigenvalue weighted by Crippen LogP contribution is 2.42. The fourth-order valence-corrected chi connectivity index (χ4v) is 7.92. The van der Waals surface area contributed by atoms with Gasteiger partial charge in [-0.05, 0) is 80.9 Å². The van der Waals surface area contributed by atoms with E-state index in [9.17, 15) is 4.79 Å². The van der Waals surface area contributed by atoms with Crippen LogP contribution >= 0.6 is 11.3 Å². The molecule has 216 valence electrons. The van der Waals surface area contributed by atoms with Crippen molar-refractivity contribution >= 4 is 45.2 Å². The summed E-state index contributed by atoms with van der Waals surface area (Å²) in [5, 5.41) is 4.70. The minimum absolute atomic E-state index is 0.0105. The Kier molecular flexibility index (Phi) is 7.62. The quantitative estimate of drug-likeness (QED) is 0.442. The molecule has 3 aromatic rings. The van der Waals surface area contributed by atoms with Crippen molar-refractivity contribution < 1.29 is 14.3 Å². The van der Waals surface area contributed by atoms with Gasteiger partial charge in [0.05, 0.1) is 36.9 Å². The molecule has 1 amide bonds. The molecule has 1 aliphatic carbocycles.